The number of hydrazine groups is 1. The molecule has 0 aromatic carbocycles. The lowest BCUT2D eigenvalue weighted by molar-refractivity contribution is -0.129. The summed E-state index contributed by atoms with van der Waals surface area (Å²) in [6.45, 7) is 3.88. The van der Waals surface area contributed by atoms with E-state index in [2.05, 4.69) is 15.7 Å². The van der Waals surface area contributed by atoms with E-state index in [0.717, 1.165) is 37.3 Å². The molecule has 2 heterocycles. The maximum atomic E-state index is 11.3. The number of amides is 1. The lowest BCUT2D eigenvalue weighted by Crippen LogP contribution is -2.41. The van der Waals surface area contributed by atoms with Crippen molar-refractivity contribution in [2.75, 3.05) is 18.4 Å². The molecular weight excluding hydrogens is 242 g/mol. The largest absolute Gasteiger partial charge is 0.367 e. The van der Waals surface area contributed by atoms with Crippen LogP contribution in [0.5, 0.6) is 0 Å². The Labute approximate surface area is 113 Å². The fourth-order valence-corrected chi connectivity index (χ4v) is 2.33. The topological polar surface area (TPSA) is 83.3 Å². The van der Waals surface area contributed by atoms with E-state index in [0.29, 0.717) is 12.6 Å². The average molecular weight is 263 g/mol. The fourth-order valence-electron chi connectivity index (χ4n) is 2.33. The van der Waals surface area contributed by atoms with E-state index in [-0.39, 0.29) is 5.91 Å². The molecule has 0 atom stereocenters. The fraction of sp³-hybridized carbons (Fsp3) is 0.538. The molecule has 0 spiro atoms. The molecule has 0 saturated carbocycles. The highest BCUT2D eigenvalue weighted by atomic mass is 16.2. The maximum absolute atomic E-state index is 11.3. The highest BCUT2D eigenvalue weighted by molar-refractivity contribution is 5.73. The first-order valence-corrected chi connectivity index (χ1v) is 6.59. The molecule has 1 aliphatic heterocycles. The third-order valence-electron chi connectivity index (χ3n) is 3.42. The summed E-state index contributed by atoms with van der Waals surface area (Å²) in [6, 6.07) is 4.31. The van der Waals surface area contributed by atoms with Crippen LogP contribution in [0.15, 0.2) is 18.3 Å². The second-order valence-corrected chi connectivity index (χ2v) is 4.85. The second-order valence-electron chi connectivity index (χ2n) is 4.85. The molecule has 104 valence electrons. The number of pyridine rings is 1. The van der Waals surface area contributed by atoms with Crippen LogP contribution in [0, 0.1) is 0 Å². The third kappa shape index (κ3) is 3.90. The summed E-state index contributed by atoms with van der Waals surface area (Å²) in [4.78, 5) is 17.5. The van der Waals surface area contributed by atoms with E-state index in [4.69, 9.17) is 5.84 Å². The summed E-state index contributed by atoms with van der Waals surface area (Å²) in [5.74, 6) is 6.34. The van der Waals surface area contributed by atoms with Crippen molar-refractivity contribution in [1.29, 1.82) is 0 Å². The van der Waals surface area contributed by atoms with Crippen molar-refractivity contribution < 1.29 is 4.79 Å². The molecule has 1 aromatic rings. The predicted octanol–water partition coefficient (Wildman–Crippen LogP) is 0.468. The Bertz CT molecular complexity index is 429. The normalized spacial score (nSPS) is 16.4. The van der Waals surface area contributed by atoms with Crippen LogP contribution in [0.3, 0.4) is 0 Å². The number of nitrogens with one attached hydrogen (secondary N) is 2. The molecule has 2 rings (SSSR count). The quantitative estimate of drug-likeness (QED) is 0.543. The van der Waals surface area contributed by atoms with E-state index in [1.807, 2.05) is 17.0 Å². The Hall–Kier alpha value is -1.66. The van der Waals surface area contributed by atoms with E-state index in [9.17, 15) is 4.79 Å². The zero-order valence-electron chi connectivity index (χ0n) is 11.2. The number of nitrogens with zero attached hydrogens (tertiary/aromatic N) is 2. The van der Waals surface area contributed by atoms with E-state index >= 15 is 0 Å². The van der Waals surface area contributed by atoms with Gasteiger partial charge in [0.15, 0.2) is 0 Å². The van der Waals surface area contributed by atoms with Crippen LogP contribution in [-0.2, 0) is 11.3 Å². The summed E-state index contributed by atoms with van der Waals surface area (Å²) in [6.07, 6.45) is 3.70. The Morgan fingerprint density at radius 2 is 2.26 bits per heavy atom. The van der Waals surface area contributed by atoms with Crippen molar-refractivity contribution in [2.45, 2.75) is 32.4 Å². The average Bonchev–Trinajstić information content (AvgIpc) is 2.40. The van der Waals surface area contributed by atoms with Gasteiger partial charge in [0.05, 0.1) is 0 Å². The molecule has 6 nitrogen and oxygen atoms in total. The van der Waals surface area contributed by atoms with Crippen LogP contribution >= 0.6 is 0 Å². The number of rotatable bonds is 4. The number of carbonyl (C=O) groups is 1. The van der Waals surface area contributed by atoms with Gasteiger partial charge in [-0.15, -0.1) is 0 Å². The molecule has 1 fully saturated rings. The van der Waals surface area contributed by atoms with Gasteiger partial charge in [-0.3, -0.25) is 16.1 Å². The van der Waals surface area contributed by atoms with Gasteiger partial charge in [0, 0.05) is 38.8 Å². The summed E-state index contributed by atoms with van der Waals surface area (Å²) < 4.78 is 0. The minimum atomic E-state index is 0.160. The number of carbonyl (C=O) groups excluding carboxylic acids is 1. The molecule has 0 unspecified atom stereocenters. The monoisotopic (exact) mass is 263 g/mol. The molecule has 0 aliphatic carbocycles. The number of likely N-dealkylation sites (tertiary alicyclic amines) is 1. The van der Waals surface area contributed by atoms with Crippen molar-refractivity contribution in [3.05, 3.63) is 23.9 Å². The summed E-state index contributed by atoms with van der Waals surface area (Å²) in [5, 5.41) is 3.42. The van der Waals surface area contributed by atoms with Crippen molar-refractivity contribution in [3.8, 4) is 0 Å². The minimum absolute atomic E-state index is 0.160. The Balaban J connectivity index is 1.88. The summed E-state index contributed by atoms with van der Waals surface area (Å²) >= 11 is 0. The van der Waals surface area contributed by atoms with Crippen LogP contribution in [-0.4, -0.2) is 34.9 Å². The minimum Gasteiger partial charge on any atom is -0.367 e. The van der Waals surface area contributed by atoms with Gasteiger partial charge in [-0.05, 0) is 30.5 Å². The van der Waals surface area contributed by atoms with Gasteiger partial charge in [-0.2, -0.15) is 0 Å². The molecule has 19 heavy (non-hydrogen) atoms. The van der Waals surface area contributed by atoms with Gasteiger partial charge in [0.1, 0.15) is 5.82 Å². The zero-order valence-corrected chi connectivity index (χ0v) is 11.2. The molecule has 1 saturated heterocycles. The number of piperidine rings is 1. The molecule has 4 N–H and O–H groups in total. The SMILES string of the molecule is CC(=O)N1CCC(Nc2cc(CNN)ccn2)CC1. The Morgan fingerprint density at radius 1 is 1.53 bits per heavy atom. The first-order valence-electron chi connectivity index (χ1n) is 6.59. The van der Waals surface area contributed by atoms with Gasteiger partial charge in [-0.25, -0.2) is 4.98 Å². The van der Waals surface area contributed by atoms with Crippen molar-refractivity contribution >= 4 is 11.7 Å². The second kappa shape index (κ2) is 6.49. The van der Waals surface area contributed by atoms with Crippen LogP contribution < -0.4 is 16.6 Å². The number of hydrogen-bond acceptors (Lipinski definition) is 5. The molecule has 0 radical (unpaired) electrons. The number of nitrogens with two attached hydrogens (primary N) is 1. The highest BCUT2D eigenvalue weighted by Crippen LogP contribution is 2.16. The van der Waals surface area contributed by atoms with E-state index in [1.54, 1.807) is 13.1 Å². The molecule has 0 bridgehead atoms. The van der Waals surface area contributed by atoms with E-state index in [1.165, 1.54) is 0 Å². The van der Waals surface area contributed by atoms with Crippen molar-refractivity contribution in [1.82, 2.24) is 15.3 Å². The Morgan fingerprint density at radius 3 is 2.89 bits per heavy atom. The predicted molar refractivity (Wildman–Crippen MR) is 74.2 cm³/mol. The lowest BCUT2D eigenvalue weighted by Gasteiger charge is -2.32. The molecule has 1 aromatic heterocycles. The standard InChI is InChI=1S/C13H21N5O/c1-10(19)18-6-3-12(4-7-18)17-13-8-11(9-16-14)2-5-15-13/h2,5,8,12,16H,3-4,6-7,9,14H2,1H3,(H,15,17). The van der Waals surface area contributed by atoms with Gasteiger partial charge in [0.25, 0.3) is 0 Å². The van der Waals surface area contributed by atoms with Crippen LogP contribution in [0.4, 0.5) is 5.82 Å². The van der Waals surface area contributed by atoms with Crippen LogP contribution in [0.1, 0.15) is 25.3 Å². The maximum Gasteiger partial charge on any atom is 0.219 e. The molecule has 1 amide bonds. The highest BCUT2D eigenvalue weighted by Gasteiger charge is 2.20. The Kier molecular flexibility index (Phi) is 4.70. The van der Waals surface area contributed by atoms with Crippen LogP contribution in [0.25, 0.3) is 0 Å². The van der Waals surface area contributed by atoms with Crippen LogP contribution in [0.2, 0.25) is 0 Å². The summed E-state index contributed by atoms with van der Waals surface area (Å²) in [5.41, 5.74) is 3.73. The van der Waals surface area contributed by atoms with Gasteiger partial charge < -0.3 is 10.2 Å². The van der Waals surface area contributed by atoms with Gasteiger partial charge in [-0.1, -0.05) is 0 Å². The first kappa shape index (κ1) is 13.8. The number of hydrogen-bond donors (Lipinski definition) is 3. The number of anilines is 1. The third-order valence-corrected chi connectivity index (χ3v) is 3.42. The van der Waals surface area contributed by atoms with Gasteiger partial charge >= 0.3 is 0 Å². The van der Waals surface area contributed by atoms with Gasteiger partial charge in [0.2, 0.25) is 5.91 Å². The lowest BCUT2D eigenvalue weighted by atomic mass is 10.0. The molecule has 6 heteroatoms. The first-order chi connectivity index (χ1) is 9.19. The summed E-state index contributed by atoms with van der Waals surface area (Å²) in [7, 11) is 0. The van der Waals surface area contributed by atoms with Crippen molar-refractivity contribution in [2.24, 2.45) is 5.84 Å². The zero-order chi connectivity index (χ0) is 13.7. The van der Waals surface area contributed by atoms with E-state index < -0.39 is 0 Å². The number of aromatic nitrogens is 1. The molecule has 1 aliphatic rings. The smallest absolute Gasteiger partial charge is 0.219 e. The molecular formula is C13H21N5O. The van der Waals surface area contributed by atoms with Crippen molar-refractivity contribution in [3.63, 3.8) is 0 Å².